The average Bonchev–Trinajstić information content (AvgIpc) is 2.78. The van der Waals surface area contributed by atoms with Gasteiger partial charge in [-0.3, -0.25) is 4.79 Å². The summed E-state index contributed by atoms with van der Waals surface area (Å²) in [6.45, 7) is 3.72. The van der Waals surface area contributed by atoms with Crippen LogP contribution in [0, 0.1) is 5.92 Å². The van der Waals surface area contributed by atoms with Crippen molar-refractivity contribution < 1.29 is 14.7 Å². The third kappa shape index (κ3) is 5.20. The standard InChI is InChI=1S/C13H18ClNO3S/c1-3-8(2)12(13(17)18)15-11(16)5-4-10-6-9(14)7-19-10/h6-8,12H,3-5H2,1-2H3,(H,15,16)(H,17,18). The summed E-state index contributed by atoms with van der Waals surface area (Å²) in [5, 5.41) is 14.1. The third-order valence-corrected chi connectivity index (χ3v) is 4.36. The molecule has 1 rings (SSSR count). The number of hydrogen-bond acceptors (Lipinski definition) is 3. The Kier molecular flexibility index (Phi) is 6.31. The largest absolute Gasteiger partial charge is 0.480 e. The average molecular weight is 304 g/mol. The van der Waals surface area contributed by atoms with Gasteiger partial charge in [0.2, 0.25) is 5.91 Å². The summed E-state index contributed by atoms with van der Waals surface area (Å²) in [5.41, 5.74) is 0. The van der Waals surface area contributed by atoms with E-state index in [1.165, 1.54) is 11.3 Å². The van der Waals surface area contributed by atoms with E-state index in [1.807, 2.05) is 25.3 Å². The number of carboxylic acid groups (broad SMARTS) is 1. The lowest BCUT2D eigenvalue weighted by molar-refractivity contribution is -0.143. The van der Waals surface area contributed by atoms with Crippen molar-refractivity contribution >= 4 is 34.8 Å². The lowest BCUT2D eigenvalue weighted by Crippen LogP contribution is -2.45. The van der Waals surface area contributed by atoms with Crippen molar-refractivity contribution in [3.05, 3.63) is 21.3 Å². The minimum Gasteiger partial charge on any atom is -0.480 e. The highest BCUT2D eigenvalue weighted by atomic mass is 35.5. The molecule has 2 unspecified atom stereocenters. The zero-order valence-corrected chi connectivity index (χ0v) is 12.6. The van der Waals surface area contributed by atoms with Gasteiger partial charge in [-0.15, -0.1) is 11.3 Å². The van der Waals surface area contributed by atoms with E-state index in [0.29, 0.717) is 17.9 Å². The van der Waals surface area contributed by atoms with Gasteiger partial charge in [-0.2, -0.15) is 0 Å². The van der Waals surface area contributed by atoms with Crippen LogP contribution in [0.25, 0.3) is 0 Å². The quantitative estimate of drug-likeness (QED) is 0.814. The van der Waals surface area contributed by atoms with Crippen molar-refractivity contribution in [2.45, 2.75) is 39.2 Å². The molecule has 19 heavy (non-hydrogen) atoms. The molecule has 0 aliphatic heterocycles. The van der Waals surface area contributed by atoms with E-state index in [2.05, 4.69) is 5.32 Å². The summed E-state index contributed by atoms with van der Waals surface area (Å²) in [6, 6.07) is 1.01. The van der Waals surface area contributed by atoms with E-state index in [-0.39, 0.29) is 18.2 Å². The minimum atomic E-state index is -0.984. The lowest BCUT2D eigenvalue weighted by Gasteiger charge is -2.19. The van der Waals surface area contributed by atoms with E-state index in [1.54, 1.807) is 0 Å². The van der Waals surface area contributed by atoms with Gasteiger partial charge in [-0.05, 0) is 18.4 Å². The zero-order valence-electron chi connectivity index (χ0n) is 11.0. The van der Waals surface area contributed by atoms with Crippen molar-refractivity contribution in [2.75, 3.05) is 0 Å². The molecular formula is C13H18ClNO3S. The molecule has 0 radical (unpaired) electrons. The summed E-state index contributed by atoms with van der Waals surface area (Å²) in [5.74, 6) is -1.31. The van der Waals surface area contributed by atoms with Crippen LogP contribution in [0.2, 0.25) is 5.02 Å². The molecule has 1 heterocycles. The van der Waals surface area contributed by atoms with Crippen LogP contribution in [-0.4, -0.2) is 23.0 Å². The van der Waals surface area contributed by atoms with E-state index >= 15 is 0 Å². The molecule has 106 valence electrons. The van der Waals surface area contributed by atoms with E-state index < -0.39 is 12.0 Å². The maximum atomic E-state index is 11.8. The van der Waals surface area contributed by atoms with Crippen LogP contribution >= 0.6 is 22.9 Å². The second-order valence-electron chi connectivity index (χ2n) is 4.50. The molecule has 1 aromatic rings. The third-order valence-electron chi connectivity index (χ3n) is 3.02. The van der Waals surface area contributed by atoms with Crippen LogP contribution in [0.5, 0.6) is 0 Å². The Balaban J connectivity index is 2.46. The predicted molar refractivity (Wildman–Crippen MR) is 76.7 cm³/mol. The number of halogens is 1. The molecule has 0 aliphatic rings. The molecule has 0 saturated carbocycles. The van der Waals surface area contributed by atoms with E-state index in [4.69, 9.17) is 16.7 Å². The molecule has 0 aromatic carbocycles. The topological polar surface area (TPSA) is 66.4 Å². The van der Waals surface area contributed by atoms with Crippen LogP contribution in [0.15, 0.2) is 11.4 Å². The van der Waals surface area contributed by atoms with Gasteiger partial charge in [0.05, 0.1) is 5.02 Å². The van der Waals surface area contributed by atoms with Crippen LogP contribution in [-0.2, 0) is 16.0 Å². The van der Waals surface area contributed by atoms with Gasteiger partial charge in [0, 0.05) is 16.7 Å². The SMILES string of the molecule is CCC(C)C(NC(=O)CCc1cc(Cl)cs1)C(=O)O. The van der Waals surface area contributed by atoms with Gasteiger partial charge in [0.25, 0.3) is 0 Å². The first-order valence-electron chi connectivity index (χ1n) is 6.19. The molecule has 0 aliphatic carbocycles. The number of nitrogens with one attached hydrogen (secondary N) is 1. The highest BCUT2D eigenvalue weighted by molar-refractivity contribution is 7.10. The molecular weight excluding hydrogens is 286 g/mol. The normalized spacial score (nSPS) is 13.8. The summed E-state index contributed by atoms with van der Waals surface area (Å²) in [4.78, 5) is 23.9. The van der Waals surface area contributed by atoms with Crippen molar-refractivity contribution in [1.82, 2.24) is 5.32 Å². The fourth-order valence-corrected chi connectivity index (χ4v) is 2.73. The fourth-order valence-electron chi connectivity index (χ4n) is 1.65. The highest BCUT2D eigenvalue weighted by Crippen LogP contribution is 2.20. The summed E-state index contributed by atoms with van der Waals surface area (Å²) in [6.07, 6.45) is 1.56. The number of thiophene rings is 1. The number of rotatable bonds is 7. The van der Waals surface area contributed by atoms with Crippen LogP contribution in [0.1, 0.15) is 31.6 Å². The molecule has 2 atom stereocenters. The summed E-state index contributed by atoms with van der Waals surface area (Å²) in [7, 11) is 0. The number of carbonyl (C=O) groups excluding carboxylic acids is 1. The van der Waals surface area contributed by atoms with Gasteiger partial charge in [-0.1, -0.05) is 31.9 Å². The highest BCUT2D eigenvalue weighted by Gasteiger charge is 2.24. The van der Waals surface area contributed by atoms with Crippen LogP contribution < -0.4 is 5.32 Å². The van der Waals surface area contributed by atoms with Crippen molar-refractivity contribution in [1.29, 1.82) is 0 Å². The fraction of sp³-hybridized carbons (Fsp3) is 0.538. The Morgan fingerprint density at radius 1 is 1.53 bits per heavy atom. The monoisotopic (exact) mass is 303 g/mol. The molecule has 0 fully saturated rings. The van der Waals surface area contributed by atoms with Crippen molar-refractivity contribution in [3.63, 3.8) is 0 Å². The van der Waals surface area contributed by atoms with Gasteiger partial charge < -0.3 is 10.4 Å². The molecule has 1 amide bonds. The second kappa shape index (κ2) is 7.50. The number of amides is 1. The molecule has 2 N–H and O–H groups in total. The summed E-state index contributed by atoms with van der Waals surface area (Å²) < 4.78 is 0. The molecule has 1 aromatic heterocycles. The van der Waals surface area contributed by atoms with E-state index in [9.17, 15) is 9.59 Å². The molecule has 6 heteroatoms. The Morgan fingerprint density at radius 3 is 2.68 bits per heavy atom. The molecule has 0 spiro atoms. The van der Waals surface area contributed by atoms with E-state index in [0.717, 1.165) is 4.88 Å². The van der Waals surface area contributed by atoms with Gasteiger partial charge in [-0.25, -0.2) is 4.79 Å². The van der Waals surface area contributed by atoms with Gasteiger partial charge in [0.15, 0.2) is 0 Å². The smallest absolute Gasteiger partial charge is 0.326 e. The Morgan fingerprint density at radius 2 is 2.21 bits per heavy atom. The number of carboxylic acids is 1. The first kappa shape index (κ1) is 16.0. The van der Waals surface area contributed by atoms with Crippen molar-refractivity contribution in [2.24, 2.45) is 5.92 Å². The van der Waals surface area contributed by atoms with Gasteiger partial charge in [0.1, 0.15) is 6.04 Å². The number of carbonyl (C=O) groups is 2. The van der Waals surface area contributed by atoms with Crippen LogP contribution in [0.3, 0.4) is 0 Å². The summed E-state index contributed by atoms with van der Waals surface area (Å²) >= 11 is 7.29. The zero-order chi connectivity index (χ0) is 14.4. The Hall–Kier alpha value is -1.07. The number of aliphatic carboxylic acids is 1. The number of hydrogen-bond donors (Lipinski definition) is 2. The molecule has 0 bridgehead atoms. The predicted octanol–water partition coefficient (Wildman–Crippen LogP) is 2.95. The molecule has 4 nitrogen and oxygen atoms in total. The van der Waals surface area contributed by atoms with Crippen molar-refractivity contribution in [3.8, 4) is 0 Å². The van der Waals surface area contributed by atoms with Gasteiger partial charge >= 0.3 is 5.97 Å². The second-order valence-corrected chi connectivity index (χ2v) is 5.93. The maximum absolute atomic E-state index is 11.8. The molecule has 0 saturated heterocycles. The minimum absolute atomic E-state index is 0.0855. The first-order chi connectivity index (χ1) is 8.93. The number of aryl methyl sites for hydroxylation is 1. The van der Waals surface area contributed by atoms with Crippen LogP contribution in [0.4, 0.5) is 0 Å². The Bertz CT molecular complexity index is 447. The maximum Gasteiger partial charge on any atom is 0.326 e. The Labute approximate surface area is 121 Å². The lowest BCUT2D eigenvalue weighted by atomic mass is 9.99. The first-order valence-corrected chi connectivity index (χ1v) is 7.44.